The summed E-state index contributed by atoms with van der Waals surface area (Å²) in [6.07, 6.45) is 4.61. The minimum atomic E-state index is -0.0366. The van der Waals surface area contributed by atoms with Gasteiger partial charge >= 0.3 is 0 Å². The summed E-state index contributed by atoms with van der Waals surface area (Å²) in [7, 11) is 1.80. The fourth-order valence-electron chi connectivity index (χ4n) is 2.62. The standard InChI is InChI=1S/C17H23NO3/c1-13(19)14-6-3-7-15(12-14)17(20)18(2)10-4-8-16-9-5-11-21-16/h3,6-7,12,16H,4-5,8-11H2,1-2H3/t16-/m1/s1. The SMILES string of the molecule is CC(=O)c1cccc(C(=O)N(C)CCC[C@@H]2CCCO2)c1. The van der Waals surface area contributed by atoms with Crippen LogP contribution in [-0.4, -0.2) is 42.9 Å². The third-order valence-corrected chi connectivity index (χ3v) is 3.91. The fraction of sp³-hybridized carbons (Fsp3) is 0.529. The second kappa shape index (κ2) is 7.36. The summed E-state index contributed by atoms with van der Waals surface area (Å²) in [4.78, 5) is 25.4. The first-order chi connectivity index (χ1) is 10.1. The molecular weight excluding hydrogens is 266 g/mol. The maximum atomic E-state index is 12.3. The lowest BCUT2D eigenvalue weighted by molar-refractivity contribution is 0.0763. The Morgan fingerprint density at radius 2 is 2.10 bits per heavy atom. The molecule has 1 heterocycles. The van der Waals surface area contributed by atoms with Crippen molar-refractivity contribution in [2.24, 2.45) is 0 Å². The number of amides is 1. The lowest BCUT2D eigenvalue weighted by Gasteiger charge is -2.18. The molecular formula is C17H23NO3. The van der Waals surface area contributed by atoms with Crippen molar-refractivity contribution in [1.29, 1.82) is 0 Å². The molecule has 0 aliphatic carbocycles. The maximum absolute atomic E-state index is 12.3. The molecule has 114 valence electrons. The van der Waals surface area contributed by atoms with Crippen LogP contribution in [0.1, 0.15) is 53.3 Å². The van der Waals surface area contributed by atoms with Crippen molar-refractivity contribution in [3.05, 3.63) is 35.4 Å². The van der Waals surface area contributed by atoms with Crippen LogP contribution >= 0.6 is 0 Å². The first-order valence-electron chi connectivity index (χ1n) is 7.56. The Hall–Kier alpha value is -1.68. The molecule has 1 aliphatic rings. The van der Waals surface area contributed by atoms with Crippen molar-refractivity contribution < 1.29 is 14.3 Å². The topological polar surface area (TPSA) is 46.6 Å². The Kier molecular flexibility index (Phi) is 5.51. The molecule has 1 aliphatic heterocycles. The zero-order valence-electron chi connectivity index (χ0n) is 12.8. The Bertz CT molecular complexity index is 507. The van der Waals surface area contributed by atoms with Gasteiger partial charge < -0.3 is 9.64 Å². The van der Waals surface area contributed by atoms with E-state index in [1.54, 1.807) is 36.2 Å². The highest BCUT2D eigenvalue weighted by Crippen LogP contribution is 2.17. The fourth-order valence-corrected chi connectivity index (χ4v) is 2.62. The van der Waals surface area contributed by atoms with E-state index in [1.807, 2.05) is 0 Å². The van der Waals surface area contributed by atoms with Gasteiger partial charge in [0.2, 0.25) is 0 Å². The van der Waals surface area contributed by atoms with Crippen molar-refractivity contribution in [1.82, 2.24) is 4.90 Å². The molecule has 1 amide bonds. The van der Waals surface area contributed by atoms with Gasteiger partial charge in [0.15, 0.2) is 5.78 Å². The molecule has 0 N–H and O–H groups in total. The Balaban J connectivity index is 1.86. The summed E-state index contributed by atoms with van der Waals surface area (Å²) in [6.45, 7) is 3.09. The number of nitrogens with zero attached hydrogens (tertiary/aromatic N) is 1. The molecule has 4 heteroatoms. The number of hydrogen-bond acceptors (Lipinski definition) is 3. The predicted octanol–water partition coefficient (Wildman–Crippen LogP) is 2.92. The van der Waals surface area contributed by atoms with Crippen molar-refractivity contribution in [2.45, 2.75) is 38.7 Å². The number of Topliss-reactive ketones (excluding diaryl/α,β-unsaturated/α-hetero) is 1. The van der Waals surface area contributed by atoms with E-state index < -0.39 is 0 Å². The number of carbonyl (C=O) groups is 2. The molecule has 1 aromatic carbocycles. The van der Waals surface area contributed by atoms with Crippen LogP contribution in [0.4, 0.5) is 0 Å². The van der Waals surface area contributed by atoms with Gasteiger partial charge in [0.1, 0.15) is 0 Å². The maximum Gasteiger partial charge on any atom is 0.253 e. The third-order valence-electron chi connectivity index (χ3n) is 3.91. The van der Waals surface area contributed by atoms with Gasteiger partial charge in [-0.1, -0.05) is 12.1 Å². The van der Waals surface area contributed by atoms with Crippen LogP contribution in [0.25, 0.3) is 0 Å². The molecule has 0 spiro atoms. The zero-order chi connectivity index (χ0) is 15.2. The third kappa shape index (κ3) is 4.39. The second-order valence-electron chi connectivity index (χ2n) is 5.64. The van der Waals surface area contributed by atoms with Gasteiger partial charge in [-0.25, -0.2) is 0 Å². The van der Waals surface area contributed by atoms with Gasteiger partial charge in [0, 0.05) is 31.3 Å². The van der Waals surface area contributed by atoms with Crippen LogP contribution in [0.2, 0.25) is 0 Å². The lowest BCUT2D eigenvalue weighted by Crippen LogP contribution is -2.28. The molecule has 2 rings (SSSR count). The van der Waals surface area contributed by atoms with Crippen molar-refractivity contribution >= 4 is 11.7 Å². The van der Waals surface area contributed by atoms with Gasteiger partial charge in [0.25, 0.3) is 5.91 Å². The second-order valence-corrected chi connectivity index (χ2v) is 5.64. The van der Waals surface area contributed by atoms with Gasteiger partial charge in [-0.3, -0.25) is 9.59 Å². The van der Waals surface area contributed by atoms with Gasteiger partial charge in [-0.05, 0) is 44.7 Å². The van der Waals surface area contributed by atoms with Crippen LogP contribution in [0.15, 0.2) is 24.3 Å². The van der Waals surface area contributed by atoms with E-state index >= 15 is 0 Å². The largest absolute Gasteiger partial charge is 0.378 e. The number of rotatable bonds is 6. The number of benzene rings is 1. The zero-order valence-corrected chi connectivity index (χ0v) is 12.8. The van der Waals surface area contributed by atoms with Gasteiger partial charge in [0.05, 0.1) is 6.10 Å². The van der Waals surface area contributed by atoms with Crippen LogP contribution in [0.3, 0.4) is 0 Å². The van der Waals surface area contributed by atoms with Crippen molar-refractivity contribution in [2.75, 3.05) is 20.2 Å². The highest BCUT2D eigenvalue weighted by atomic mass is 16.5. The summed E-state index contributed by atoms with van der Waals surface area (Å²) in [5.74, 6) is -0.0591. The van der Waals surface area contributed by atoms with E-state index in [-0.39, 0.29) is 11.7 Å². The number of hydrogen-bond donors (Lipinski definition) is 0. The number of ketones is 1. The molecule has 0 unspecified atom stereocenters. The predicted molar refractivity (Wildman–Crippen MR) is 81.6 cm³/mol. The van der Waals surface area contributed by atoms with Gasteiger partial charge in [-0.15, -0.1) is 0 Å². The van der Waals surface area contributed by atoms with Crippen molar-refractivity contribution in [3.63, 3.8) is 0 Å². The molecule has 0 saturated carbocycles. The van der Waals surface area contributed by atoms with E-state index in [1.165, 1.54) is 6.92 Å². The minimum absolute atomic E-state index is 0.0225. The summed E-state index contributed by atoms with van der Waals surface area (Å²) in [6, 6.07) is 6.91. The van der Waals surface area contributed by atoms with Crippen LogP contribution < -0.4 is 0 Å². The minimum Gasteiger partial charge on any atom is -0.378 e. The van der Waals surface area contributed by atoms with Crippen molar-refractivity contribution in [3.8, 4) is 0 Å². The Morgan fingerprint density at radius 1 is 1.33 bits per heavy atom. The van der Waals surface area contributed by atoms with E-state index in [0.29, 0.717) is 23.8 Å². The summed E-state index contributed by atoms with van der Waals surface area (Å²) in [5, 5.41) is 0. The average Bonchev–Trinajstić information content (AvgIpc) is 2.99. The van der Waals surface area contributed by atoms with Crippen LogP contribution in [0, 0.1) is 0 Å². The molecule has 0 radical (unpaired) electrons. The normalized spacial score (nSPS) is 17.7. The smallest absolute Gasteiger partial charge is 0.253 e. The first kappa shape index (κ1) is 15.7. The molecule has 1 saturated heterocycles. The molecule has 1 aromatic rings. The number of ether oxygens (including phenoxy) is 1. The first-order valence-corrected chi connectivity index (χ1v) is 7.56. The quantitative estimate of drug-likeness (QED) is 0.756. The van der Waals surface area contributed by atoms with E-state index in [4.69, 9.17) is 4.74 Å². The number of carbonyl (C=O) groups excluding carboxylic acids is 2. The molecule has 1 atom stereocenters. The van der Waals surface area contributed by atoms with E-state index in [0.717, 1.165) is 32.3 Å². The molecule has 21 heavy (non-hydrogen) atoms. The highest BCUT2D eigenvalue weighted by Gasteiger charge is 2.17. The molecule has 0 bridgehead atoms. The van der Waals surface area contributed by atoms with E-state index in [9.17, 15) is 9.59 Å². The molecule has 0 aromatic heterocycles. The summed E-state index contributed by atoms with van der Waals surface area (Å²) >= 11 is 0. The Labute approximate surface area is 126 Å². The summed E-state index contributed by atoms with van der Waals surface area (Å²) in [5.41, 5.74) is 1.15. The van der Waals surface area contributed by atoms with Crippen LogP contribution in [-0.2, 0) is 4.74 Å². The molecule has 4 nitrogen and oxygen atoms in total. The molecule has 1 fully saturated rings. The van der Waals surface area contributed by atoms with Crippen LogP contribution in [0.5, 0.6) is 0 Å². The lowest BCUT2D eigenvalue weighted by atomic mass is 10.1. The monoisotopic (exact) mass is 289 g/mol. The highest BCUT2D eigenvalue weighted by molar-refractivity contribution is 5.99. The average molecular weight is 289 g/mol. The Morgan fingerprint density at radius 3 is 2.76 bits per heavy atom. The van der Waals surface area contributed by atoms with Gasteiger partial charge in [-0.2, -0.15) is 0 Å². The summed E-state index contributed by atoms with van der Waals surface area (Å²) < 4.78 is 5.58. The van der Waals surface area contributed by atoms with E-state index in [2.05, 4.69) is 0 Å².